The van der Waals surface area contributed by atoms with Crippen LogP contribution in [0.5, 0.6) is 0 Å². The Labute approximate surface area is 170 Å². The Morgan fingerprint density at radius 3 is 2.17 bits per heavy atom. The van der Waals surface area contributed by atoms with Crippen LogP contribution in [0.1, 0.15) is 32.8 Å². The van der Waals surface area contributed by atoms with E-state index < -0.39 is 41.8 Å². The molecule has 0 spiro atoms. The summed E-state index contributed by atoms with van der Waals surface area (Å²) in [5, 5.41) is 16.9. The monoisotopic (exact) mass is 406 g/mol. The van der Waals surface area contributed by atoms with E-state index in [4.69, 9.17) is 5.73 Å². The molecule has 0 bridgehead atoms. The number of nitrogens with one attached hydrogen (secondary N) is 3. The van der Waals surface area contributed by atoms with Crippen LogP contribution >= 0.6 is 0 Å². The van der Waals surface area contributed by atoms with Crippen molar-refractivity contribution in [3.63, 3.8) is 0 Å². The molecule has 0 aliphatic carbocycles. The average Bonchev–Trinajstić information content (AvgIpc) is 2.69. The van der Waals surface area contributed by atoms with E-state index in [1.165, 1.54) is 6.92 Å². The van der Waals surface area contributed by atoms with Gasteiger partial charge in [0.25, 0.3) is 0 Å². The first kappa shape index (κ1) is 24.1. The fraction of sp³-hybridized carbons (Fsp3) is 0.500. The Hall–Kier alpha value is -2.94. The summed E-state index contributed by atoms with van der Waals surface area (Å²) >= 11 is 0. The standard InChI is InChI=1S/C20H30N4O5/c1-4-12(2)17(20(28)29)24-19(27)15(10-14-8-6-5-7-9-14)23-16(25)11-22-18(26)13(3)21/h5-9,12-13,15,17H,4,10-11,21H2,1-3H3,(H,22,26)(H,23,25)(H,24,27)(H,28,29)/t12?,13-,15+,17+/m1/s1. The van der Waals surface area contributed by atoms with Gasteiger partial charge in [-0.15, -0.1) is 0 Å². The van der Waals surface area contributed by atoms with Gasteiger partial charge in [0.15, 0.2) is 0 Å². The summed E-state index contributed by atoms with van der Waals surface area (Å²) in [5.74, 6) is -3.10. The van der Waals surface area contributed by atoms with Crippen molar-refractivity contribution in [2.24, 2.45) is 11.7 Å². The van der Waals surface area contributed by atoms with Crippen molar-refractivity contribution >= 4 is 23.7 Å². The summed E-state index contributed by atoms with van der Waals surface area (Å²) in [5.41, 5.74) is 6.23. The van der Waals surface area contributed by atoms with Crippen LogP contribution in [0.4, 0.5) is 0 Å². The lowest BCUT2D eigenvalue weighted by Crippen LogP contribution is -2.55. The number of carbonyl (C=O) groups excluding carboxylic acids is 3. The molecule has 1 rings (SSSR count). The zero-order valence-corrected chi connectivity index (χ0v) is 17.0. The molecule has 0 aromatic heterocycles. The predicted octanol–water partition coefficient (Wildman–Crippen LogP) is -0.207. The fourth-order valence-corrected chi connectivity index (χ4v) is 2.57. The highest BCUT2D eigenvalue weighted by molar-refractivity contribution is 5.92. The highest BCUT2D eigenvalue weighted by atomic mass is 16.4. The number of hydrogen-bond acceptors (Lipinski definition) is 5. The molecular weight excluding hydrogens is 376 g/mol. The second kappa shape index (κ2) is 11.8. The number of carbonyl (C=O) groups is 4. The van der Waals surface area contributed by atoms with Gasteiger partial charge in [-0.3, -0.25) is 14.4 Å². The molecule has 29 heavy (non-hydrogen) atoms. The van der Waals surface area contributed by atoms with Gasteiger partial charge in [-0.1, -0.05) is 50.6 Å². The number of benzene rings is 1. The van der Waals surface area contributed by atoms with Crippen molar-refractivity contribution in [1.29, 1.82) is 0 Å². The second-order valence-electron chi connectivity index (χ2n) is 7.03. The van der Waals surface area contributed by atoms with Gasteiger partial charge >= 0.3 is 5.97 Å². The smallest absolute Gasteiger partial charge is 0.326 e. The van der Waals surface area contributed by atoms with Crippen molar-refractivity contribution in [3.05, 3.63) is 35.9 Å². The Bertz CT molecular complexity index is 708. The normalized spacial score (nSPS) is 14.8. The summed E-state index contributed by atoms with van der Waals surface area (Å²) in [6, 6.07) is 6.19. The molecule has 0 aliphatic rings. The van der Waals surface area contributed by atoms with Gasteiger partial charge in [-0.2, -0.15) is 0 Å². The summed E-state index contributed by atoms with van der Waals surface area (Å²) in [7, 11) is 0. The van der Waals surface area contributed by atoms with Gasteiger partial charge in [0.2, 0.25) is 17.7 Å². The van der Waals surface area contributed by atoms with E-state index >= 15 is 0 Å². The fourth-order valence-electron chi connectivity index (χ4n) is 2.57. The largest absolute Gasteiger partial charge is 0.480 e. The Kier molecular flexibility index (Phi) is 9.81. The number of aliphatic carboxylic acids is 1. The molecule has 6 N–H and O–H groups in total. The Morgan fingerprint density at radius 2 is 1.66 bits per heavy atom. The van der Waals surface area contributed by atoms with Crippen LogP contribution < -0.4 is 21.7 Å². The maximum absolute atomic E-state index is 12.8. The number of carboxylic acid groups (broad SMARTS) is 1. The van der Waals surface area contributed by atoms with E-state index in [-0.39, 0.29) is 18.9 Å². The molecule has 0 radical (unpaired) electrons. The van der Waals surface area contributed by atoms with E-state index in [0.29, 0.717) is 6.42 Å². The lowest BCUT2D eigenvalue weighted by atomic mass is 9.98. The first-order valence-corrected chi connectivity index (χ1v) is 9.55. The molecule has 0 fully saturated rings. The molecule has 3 amide bonds. The highest BCUT2D eigenvalue weighted by Crippen LogP contribution is 2.10. The van der Waals surface area contributed by atoms with Crippen molar-refractivity contribution in [2.75, 3.05) is 6.54 Å². The van der Waals surface area contributed by atoms with E-state index in [1.807, 2.05) is 13.0 Å². The average molecular weight is 406 g/mol. The van der Waals surface area contributed by atoms with Gasteiger partial charge in [0, 0.05) is 6.42 Å². The van der Waals surface area contributed by atoms with E-state index in [1.54, 1.807) is 31.2 Å². The Morgan fingerprint density at radius 1 is 1.03 bits per heavy atom. The second-order valence-corrected chi connectivity index (χ2v) is 7.03. The highest BCUT2D eigenvalue weighted by Gasteiger charge is 2.29. The summed E-state index contributed by atoms with van der Waals surface area (Å²) < 4.78 is 0. The van der Waals surface area contributed by atoms with Gasteiger partial charge < -0.3 is 26.8 Å². The minimum absolute atomic E-state index is 0.173. The molecule has 0 aliphatic heterocycles. The maximum atomic E-state index is 12.8. The summed E-state index contributed by atoms with van der Waals surface area (Å²) in [6.45, 7) is 4.71. The molecule has 1 aromatic rings. The third-order valence-electron chi connectivity index (χ3n) is 4.55. The first-order chi connectivity index (χ1) is 13.6. The van der Waals surface area contributed by atoms with Gasteiger partial charge in [-0.05, 0) is 18.4 Å². The third-order valence-corrected chi connectivity index (χ3v) is 4.55. The van der Waals surface area contributed by atoms with Crippen molar-refractivity contribution in [2.45, 2.75) is 51.7 Å². The molecule has 9 nitrogen and oxygen atoms in total. The Balaban J connectivity index is 2.89. The third kappa shape index (κ3) is 8.30. The molecule has 1 aromatic carbocycles. The van der Waals surface area contributed by atoms with Gasteiger partial charge in [0.05, 0.1) is 12.6 Å². The zero-order valence-electron chi connectivity index (χ0n) is 17.0. The molecule has 160 valence electrons. The summed E-state index contributed by atoms with van der Waals surface area (Å²) in [6.07, 6.45) is 0.739. The number of rotatable bonds is 11. The SMILES string of the molecule is CCC(C)[C@H](NC(=O)[C@H](Cc1ccccc1)NC(=O)CNC(=O)[C@@H](C)N)C(=O)O. The maximum Gasteiger partial charge on any atom is 0.326 e. The van der Waals surface area contributed by atoms with E-state index in [2.05, 4.69) is 16.0 Å². The number of carboxylic acids is 1. The van der Waals surface area contributed by atoms with Gasteiger partial charge in [-0.25, -0.2) is 4.79 Å². The molecule has 0 heterocycles. The van der Waals surface area contributed by atoms with Crippen molar-refractivity contribution in [1.82, 2.24) is 16.0 Å². The van der Waals surface area contributed by atoms with Crippen molar-refractivity contribution in [3.8, 4) is 0 Å². The summed E-state index contributed by atoms with van der Waals surface area (Å²) in [4.78, 5) is 48.0. The first-order valence-electron chi connectivity index (χ1n) is 9.55. The quantitative estimate of drug-likeness (QED) is 0.343. The van der Waals surface area contributed by atoms with Crippen LogP contribution in [0.15, 0.2) is 30.3 Å². The van der Waals surface area contributed by atoms with E-state index in [0.717, 1.165) is 5.56 Å². The van der Waals surface area contributed by atoms with Gasteiger partial charge in [0.1, 0.15) is 12.1 Å². The van der Waals surface area contributed by atoms with E-state index in [9.17, 15) is 24.3 Å². The molecule has 4 atom stereocenters. The molecule has 9 heteroatoms. The molecule has 0 saturated carbocycles. The predicted molar refractivity (Wildman–Crippen MR) is 108 cm³/mol. The lowest BCUT2D eigenvalue weighted by molar-refractivity contribution is -0.143. The number of nitrogens with two attached hydrogens (primary N) is 1. The van der Waals surface area contributed by atoms with Crippen LogP contribution in [0.25, 0.3) is 0 Å². The molecule has 1 unspecified atom stereocenters. The minimum atomic E-state index is -1.14. The molecule has 0 saturated heterocycles. The van der Waals surface area contributed by atoms with Crippen LogP contribution in [0.2, 0.25) is 0 Å². The van der Waals surface area contributed by atoms with Crippen LogP contribution in [-0.2, 0) is 25.6 Å². The zero-order chi connectivity index (χ0) is 22.0. The topological polar surface area (TPSA) is 151 Å². The van der Waals surface area contributed by atoms with Crippen LogP contribution in [0, 0.1) is 5.92 Å². The molecular formula is C20H30N4O5. The lowest BCUT2D eigenvalue weighted by Gasteiger charge is -2.24. The number of amides is 3. The van der Waals surface area contributed by atoms with Crippen molar-refractivity contribution < 1.29 is 24.3 Å². The minimum Gasteiger partial charge on any atom is -0.480 e. The number of hydrogen-bond donors (Lipinski definition) is 5. The van der Waals surface area contributed by atoms with Crippen LogP contribution in [0.3, 0.4) is 0 Å². The van der Waals surface area contributed by atoms with Crippen LogP contribution in [-0.4, -0.2) is 53.5 Å².